The van der Waals surface area contributed by atoms with Gasteiger partial charge in [-0.1, -0.05) is 0 Å². The van der Waals surface area contributed by atoms with E-state index in [9.17, 15) is 0 Å². The molecule has 0 aromatic heterocycles. The molecule has 3 heteroatoms. The van der Waals surface area contributed by atoms with Crippen LogP contribution in [0.3, 0.4) is 0 Å². The van der Waals surface area contributed by atoms with E-state index in [1.54, 1.807) is 7.05 Å². The third kappa shape index (κ3) is 25.1. The standard InChI is InChI=1S/C4H9N.CH3.W.Y/c1-3-4-5-2;;;/h3H,4H2,1-2H3;1H3;;/q-2;-1;+2;. The summed E-state index contributed by atoms with van der Waals surface area (Å²) in [6.07, 6.45) is 2.01. The van der Waals surface area contributed by atoms with Crippen LogP contribution in [0.15, 0.2) is 0 Å². The Hall–Kier alpha value is 1.75. The summed E-state index contributed by atoms with van der Waals surface area (Å²) in [5.41, 5.74) is 0. The SMILES string of the molecule is C[CH-]C[N-]C.[CH3-].[W+2].[Y]. The first kappa shape index (κ1) is 22.6. The van der Waals surface area contributed by atoms with Crippen LogP contribution in [-0.4, -0.2) is 13.6 Å². The Morgan fingerprint density at radius 1 is 1.50 bits per heavy atom. The van der Waals surface area contributed by atoms with Gasteiger partial charge in [0.1, 0.15) is 0 Å². The topological polar surface area (TPSA) is 14.1 Å². The van der Waals surface area contributed by atoms with Crippen molar-refractivity contribution in [3.63, 3.8) is 0 Å². The van der Waals surface area contributed by atoms with Crippen LogP contribution in [0.5, 0.6) is 0 Å². The van der Waals surface area contributed by atoms with Crippen molar-refractivity contribution in [3.8, 4) is 0 Å². The van der Waals surface area contributed by atoms with Crippen LogP contribution >= 0.6 is 0 Å². The molecule has 0 fully saturated rings. The zero-order valence-corrected chi connectivity index (χ0v) is 11.5. The van der Waals surface area contributed by atoms with E-state index in [-0.39, 0.29) is 61.2 Å². The Balaban J connectivity index is -0.0000000267. The fourth-order valence-corrected chi connectivity index (χ4v) is 0.183. The molecule has 0 saturated carbocycles. The molecule has 0 bridgehead atoms. The molecule has 8 heavy (non-hydrogen) atoms. The van der Waals surface area contributed by atoms with Crippen LogP contribution < -0.4 is 0 Å². The van der Waals surface area contributed by atoms with Gasteiger partial charge in [-0.15, -0.1) is 0 Å². The summed E-state index contributed by atoms with van der Waals surface area (Å²) in [5, 5.41) is 3.80. The predicted molar refractivity (Wildman–Crippen MR) is 30.5 cm³/mol. The largest absolute Gasteiger partial charge is 2.00 e. The Bertz CT molecular complexity index is 19.9. The van der Waals surface area contributed by atoms with Gasteiger partial charge in [-0.2, -0.15) is 14.0 Å². The molecule has 0 aromatic rings. The Kier molecular flexibility index (Phi) is 65.7. The van der Waals surface area contributed by atoms with E-state index in [1.165, 1.54) is 0 Å². The van der Waals surface area contributed by atoms with E-state index in [4.69, 9.17) is 0 Å². The molecule has 0 aliphatic heterocycles. The summed E-state index contributed by atoms with van der Waals surface area (Å²) in [4.78, 5) is 0. The average Bonchev–Trinajstić information content (AvgIpc) is 1.41. The molecule has 0 aliphatic rings. The minimum absolute atomic E-state index is 0. The molecule has 0 aliphatic carbocycles. The second-order valence-electron chi connectivity index (χ2n) is 0.907. The molecule has 1 nitrogen and oxygen atoms in total. The molecule has 0 N–H and O–H groups in total. The first-order valence-electron chi connectivity index (χ1n) is 1.75. The maximum Gasteiger partial charge on any atom is 2.00 e. The first-order chi connectivity index (χ1) is 2.41. The Labute approximate surface area is 92.5 Å². The third-order valence-corrected chi connectivity index (χ3v) is 0.365. The second kappa shape index (κ2) is 23.3. The zero-order valence-electron chi connectivity index (χ0n) is 5.72. The maximum atomic E-state index is 3.80. The smallest absolute Gasteiger partial charge is 0.691 e. The third-order valence-electron chi connectivity index (χ3n) is 0.365. The van der Waals surface area contributed by atoms with Crippen LogP contribution in [0.1, 0.15) is 6.92 Å². The van der Waals surface area contributed by atoms with Crippen molar-refractivity contribution < 1.29 is 53.8 Å². The summed E-state index contributed by atoms with van der Waals surface area (Å²) in [6.45, 7) is 2.88. The van der Waals surface area contributed by atoms with Gasteiger partial charge < -0.3 is 19.2 Å². The minimum Gasteiger partial charge on any atom is -0.691 e. The Morgan fingerprint density at radius 3 is 1.88 bits per heavy atom. The number of rotatable bonds is 2. The van der Waals surface area contributed by atoms with E-state index >= 15 is 0 Å². The normalized spacial score (nSPS) is 5.25. The van der Waals surface area contributed by atoms with E-state index in [0.29, 0.717) is 0 Å². The first-order valence-corrected chi connectivity index (χ1v) is 1.75. The van der Waals surface area contributed by atoms with Gasteiger partial charge in [-0.25, -0.2) is 0 Å². The number of hydrogen-bond acceptors (Lipinski definition) is 0. The molecular formula is C5H12NWY-. The van der Waals surface area contributed by atoms with Crippen molar-refractivity contribution in [1.29, 1.82) is 0 Å². The molecule has 47 valence electrons. The molecule has 0 heterocycles. The number of hydrogen-bond donors (Lipinski definition) is 0. The second-order valence-corrected chi connectivity index (χ2v) is 0.907. The van der Waals surface area contributed by atoms with Crippen molar-refractivity contribution in [2.45, 2.75) is 6.92 Å². The van der Waals surface area contributed by atoms with Gasteiger partial charge >= 0.3 is 21.1 Å². The van der Waals surface area contributed by atoms with Crippen LogP contribution in [0.2, 0.25) is 0 Å². The summed E-state index contributed by atoms with van der Waals surface area (Å²) in [5.74, 6) is 0. The van der Waals surface area contributed by atoms with Gasteiger partial charge in [0.05, 0.1) is 0 Å². The molecule has 0 saturated heterocycles. The fraction of sp³-hybridized carbons (Fsp3) is 0.600. The molecule has 0 rings (SSSR count). The van der Waals surface area contributed by atoms with Gasteiger partial charge in [0.2, 0.25) is 0 Å². The monoisotopic (exact) mass is 359 g/mol. The van der Waals surface area contributed by atoms with E-state index < -0.39 is 0 Å². The maximum absolute atomic E-state index is 3.80. The molecule has 1 radical (unpaired) electrons. The van der Waals surface area contributed by atoms with Crippen molar-refractivity contribution >= 4 is 0 Å². The van der Waals surface area contributed by atoms with E-state index in [0.717, 1.165) is 6.54 Å². The van der Waals surface area contributed by atoms with Gasteiger partial charge in [0.25, 0.3) is 0 Å². The molecular weight excluding hydrogens is 347 g/mol. The summed E-state index contributed by atoms with van der Waals surface area (Å²) < 4.78 is 0. The van der Waals surface area contributed by atoms with Gasteiger partial charge in [0, 0.05) is 32.7 Å². The fourth-order valence-electron chi connectivity index (χ4n) is 0.183. The van der Waals surface area contributed by atoms with Crippen LogP contribution in [0, 0.1) is 13.8 Å². The molecule has 0 amide bonds. The minimum atomic E-state index is 0. The van der Waals surface area contributed by atoms with Gasteiger partial charge in [0.15, 0.2) is 0 Å². The zero-order chi connectivity index (χ0) is 4.12. The molecule has 0 atom stereocenters. The average molecular weight is 359 g/mol. The van der Waals surface area contributed by atoms with Crippen LogP contribution in [-0.2, 0) is 53.8 Å². The molecule has 0 unspecified atom stereocenters. The van der Waals surface area contributed by atoms with Crippen molar-refractivity contribution in [1.82, 2.24) is 0 Å². The van der Waals surface area contributed by atoms with E-state index in [2.05, 4.69) is 5.32 Å². The van der Waals surface area contributed by atoms with Crippen molar-refractivity contribution in [2.24, 2.45) is 0 Å². The summed E-state index contributed by atoms with van der Waals surface area (Å²) in [6, 6.07) is 0. The van der Waals surface area contributed by atoms with Crippen molar-refractivity contribution in [3.05, 3.63) is 19.2 Å². The molecule has 0 aromatic carbocycles. The van der Waals surface area contributed by atoms with E-state index in [1.807, 2.05) is 13.3 Å². The molecule has 0 spiro atoms. The van der Waals surface area contributed by atoms with Gasteiger partial charge in [-0.05, 0) is 0 Å². The quantitative estimate of drug-likeness (QED) is 0.667. The van der Waals surface area contributed by atoms with Crippen LogP contribution in [0.25, 0.3) is 5.32 Å². The van der Waals surface area contributed by atoms with Gasteiger partial charge in [-0.3, -0.25) is 6.54 Å². The predicted octanol–water partition coefficient (Wildman–Crippen LogP) is 1.66. The number of nitrogens with zero attached hydrogens (tertiary/aromatic N) is 1. The Morgan fingerprint density at radius 2 is 1.88 bits per heavy atom. The van der Waals surface area contributed by atoms with Crippen LogP contribution in [0.4, 0.5) is 0 Å². The van der Waals surface area contributed by atoms with Crippen molar-refractivity contribution in [2.75, 3.05) is 13.6 Å². The summed E-state index contributed by atoms with van der Waals surface area (Å²) in [7, 11) is 1.81. The summed E-state index contributed by atoms with van der Waals surface area (Å²) >= 11 is 0.